The Balaban J connectivity index is 0.00000109. The Morgan fingerprint density at radius 1 is 0.808 bits per heavy atom. The van der Waals surface area contributed by atoms with Gasteiger partial charge < -0.3 is 5.73 Å². The van der Waals surface area contributed by atoms with E-state index in [2.05, 4.69) is 94.1 Å². The van der Waals surface area contributed by atoms with Crippen LogP contribution >= 0.6 is 0 Å². The first kappa shape index (κ1) is 21.7. The summed E-state index contributed by atoms with van der Waals surface area (Å²) in [6.07, 6.45) is 5.34. The Hall–Kier alpha value is -2.38. The molecule has 3 rings (SSSR count). The zero-order chi connectivity index (χ0) is 18.4. The molecule has 2 N–H and O–H groups in total. The standard InChI is InChI=1S/C23H24.CH5N.CH4/c1-5-8-22-16(2)11-12-20(17(22)3)15-21-14-13-19-9-6-7-10-23(19)18(21)4;1-2;/h5-14H,15H2,1-4H3;2H2,1H3;1H4/b8-5-;;. The molecule has 0 spiro atoms. The number of nitrogens with two attached hydrogens (primary N) is 1. The predicted octanol–water partition coefficient (Wildman–Crippen LogP) is 6.60. The van der Waals surface area contributed by atoms with Gasteiger partial charge in [0.2, 0.25) is 0 Å². The lowest BCUT2D eigenvalue weighted by Gasteiger charge is -2.14. The summed E-state index contributed by atoms with van der Waals surface area (Å²) in [5.74, 6) is 0. The lowest BCUT2D eigenvalue weighted by Crippen LogP contribution is -1.98. The first-order valence-electron chi connectivity index (χ1n) is 8.88. The van der Waals surface area contributed by atoms with E-state index in [1.807, 2.05) is 0 Å². The molecular weight excluding hydrogens is 314 g/mol. The van der Waals surface area contributed by atoms with Crippen molar-refractivity contribution in [3.8, 4) is 0 Å². The van der Waals surface area contributed by atoms with Crippen molar-refractivity contribution in [2.75, 3.05) is 7.05 Å². The third-order valence-electron chi connectivity index (χ3n) is 4.87. The van der Waals surface area contributed by atoms with Gasteiger partial charge in [-0.2, -0.15) is 0 Å². The van der Waals surface area contributed by atoms with E-state index >= 15 is 0 Å². The van der Waals surface area contributed by atoms with Crippen LogP contribution in [0.4, 0.5) is 0 Å². The Kier molecular flexibility index (Phi) is 8.28. The molecule has 0 aliphatic carbocycles. The van der Waals surface area contributed by atoms with Gasteiger partial charge in [0, 0.05) is 0 Å². The summed E-state index contributed by atoms with van der Waals surface area (Å²) in [4.78, 5) is 0. The van der Waals surface area contributed by atoms with Crippen LogP contribution in [0.25, 0.3) is 16.8 Å². The largest absolute Gasteiger partial charge is 0.333 e. The normalized spacial score (nSPS) is 10.4. The number of hydrogen-bond donors (Lipinski definition) is 1. The van der Waals surface area contributed by atoms with Crippen molar-refractivity contribution in [3.05, 3.63) is 88.0 Å². The second kappa shape index (κ2) is 9.94. The summed E-state index contributed by atoms with van der Waals surface area (Å²) >= 11 is 0. The SMILES string of the molecule is C.C/C=C\c1c(C)ccc(Cc2ccc3ccccc3c2C)c1C.CN. The Bertz CT molecular complexity index is 888. The molecule has 26 heavy (non-hydrogen) atoms. The number of hydrogen-bond acceptors (Lipinski definition) is 1. The van der Waals surface area contributed by atoms with Gasteiger partial charge in [0.05, 0.1) is 0 Å². The van der Waals surface area contributed by atoms with Gasteiger partial charge in [-0.1, -0.05) is 68.1 Å². The molecule has 0 amide bonds. The van der Waals surface area contributed by atoms with E-state index in [0.29, 0.717) is 0 Å². The molecule has 1 nitrogen and oxygen atoms in total. The number of allylic oxidation sites excluding steroid dienone is 1. The van der Waals surface area contributed by atoms with Crippen molar-refractivity contribution < 1.29 is 0 Å². The quantitative estimate of drug-likeness (QED) is 0.567. The molecule has 138 valence electrons. The van der Waals surface area contributed by atoms with E-state index in [1.54, 1.807) is 0 Å². The molecule has 0 bridgehead atoms. The molecule has 0 unspecified atom stereocenters. The second-order valence-corrected chi connectivity index (χ2v) is 6.33. The van der Waals surface area contributed by atoms with Crippen LogP contribution in [-0.2, 0) is 6.42 Å². The van der Waals surface area contributed by atoms with Crippen LogP contribution in [0.3, 0.4) is 0 Å². The summed E-state index contributed by atoms with van der Waals surface area (Å²) in [6.45, 7) is 8.76. The Morgan fingerprint density at radius 2 is 1.42 bits per heavy atom. The molecule has 0 aliphatic rings. The summed E-state index contributed by atoms with van der Waals surface area (Å²) in [5.41, 5.74) is 12.8. The topological polar surface area (TPSA) is 26.0 Å². The first-order chi connectivity index (χ1) is 12.1. The average Bonchev–Trinajstić information content (AvgIpc) is 2.65. The molecule has 3 aromatic carbocycles. The zero-order valence-electron chi connectivity index (χ0n) is 16.1. The maximum absolute atomic E-state index is 4.50. The van der Waals surface area contributed by atoms with E-state index in [-0.39, 0.29) is 7.43 Å². The minimum atomic E-state index is 0. The van der Waals surface area contributed by atoms with Crippen molar-refractivity contribution >= 4 is 16.8 Å². The van der Waals surface area contributed by atoms with Crippen LogP contribution in [0.1, 0.15) is 47.7 Å². The molecule has 0 aromatic heterocycles. The molecule has 0 saturated heterocycles. The van der Waals surface area contributed by atoms with Gasteiger partial charge in [0.1, 0.15) is 0 Å². The predicted molar refractivity (Wildman–Crippen MR) is 119 cm³/mol. The lowest BCUT2D eigenvalue weighted by atomic mass is 9.90. The fourth-order valence-corrected chi connectivity index (χ4v) is 3.39. The smallest absolute Gasteiger partial charge is 0.00201 e. The molecule has 3 aromatic rings. The summed E-state index contributed by atoms with van der Waals surface area (Å²) in [6, 6.07) is 17.7. The van der Waals surface area contributed by atoms with Crippen LogP contribution in [0, 0.1) is 20.8 Å². The fourth-order valence-electron chi connectivity index (χ4n) is 3.39. The van der Waals surface area contributed by atoms with Gasteiger partial charge in [-0.3, -0.25) is 0 Å². The number of aryl methyl sites for hydroxylation is 2. The summed E-state index contributed by atoms with van der Waals surface area (Å²) < 4.78 is 0. The minimum absolute atomic E-state index is 0. The summed E-state index contributed by atoms with van der Waals surface area (Å²) in [7, 11) is 1.50. The number of fused-ring (bicyclic) bond motifs is 1. The highest BCUT2D eigenvalue weighted by molar-refractivity contribution is 5.86. The number of rotatable bonds is 3. The molecule has 0 aliphatic heterocycles. The molecule has 0 fully saturated rings. The maximum Gasteiger partial charge on any atom is -0.00201 e. The van der Waals surface area contributed by atoms with Crippen LogP contribution in [0.2, 0.25) is 0 Å². The van der Waals surface area contributed by atoms with Gasteiger partial charge in [0.15, 0.2) is 0 Å². The molecule has 0 radical (unpaired) electrons. The Morgan fingerprint density at radius 3 is 2.12 bits per heavy atom. The maximum atomic E-state index is 4.50. The van der Waals surface area contributed by atoms with E-state index in [0.717, 1.165) is 6.42 Å². The highest BCUT2D eigenvalue weighted by atomic mass is 14.4. The second-order valence-electron chi connectivity index (χ2n) is 6.33. The monoisotopic (exact) mass is 347 g/mol. The van der Waals surface area contributed by atoms with E-state index in [4.69, 9.17) is 0 Å². The molecule has 0 atom stereocenters. The average molecular weight is 348 g/mol. The zero-order valence-corrected chi connectivity index (χ0v) is 16.1. The molecule has 0 saturated carbocycles. The summed E-state index contributed by atoms with van der Waals surface area (Å²) in [5, 5.41) is 2.69. The highest BCUT2D eigenvalue weighted by Gasteiger charge is 2.09. The van der Waals surface area contributed by atoms with Gasteiger partial charge >= 0.3 is 0 Å². The van der Waals surface area contributed by atoms with Crippen molar-refractivity contribution in [2.45, 2.75) is 41.5 Å². The van der Waals surface area contributed by atoms with Gasteiger partial charge in [-0.15, -0.1) is 0 Å². The van der Waals surface area contributed by atoms with Crippen molar-refractivity contribution in [3.63, 3.8) is 0 Å². The Labute approximate surface area is 159 Å². The van der Waals surface area contributed by atoms with Gasteiger partial charge in [-0.25, -0.2) is 0 Å². The first-order valence-corrected chi connectivity index (χ1v) is 8.88. The van der Waals surface area contributed by atoms with Crippen LogP contribution in [0.15, 0.2) is 54.6 Å². The molecule has 1 heteroatoms. The third kappa shape index (κ3) is 4.42. The third-order valence-corrected chi connectivity index (χ3v) is 4.87. The fraction of sp³-hybridized carbons (Fsp3) is 0.280. The van der Waals surface area contributed by atoms with Crippen LogP contribution in [-0.4, -0.2) is 7.05 Å². The van der Waals surface area contributed by atoms with Crippen molar-refractivity contribution in [1.29, 1.82) is 0 Å². The lowest BCUT2D eigenvalue weighted by molar-refractivity contribution is 1.13. The van der Waals surface area contributed by atoms with Gasteiger partial charge in [0.25, 0.3) is 0 Å². The van der Waals surface area contributed by atoms with E-state index in [1.165, 1.54) is 51.2 Å². The van der Waals surface area contributed by atoms with Crippen LogP contribution in [0.5, 0.6) is 0 Å². The molecular formula is C25H33N. The minimum Gasteiger partial charge on any atom is -0.333 e. The van der Waals surface area contributed by atoms with Crippen LogP contribution < -0.4 is 5.73 Å². The molecule has 0 heterocycles. The van der Waals surface area contributed by atoms with E-state index in [9.17, 15) is 0 Å². The van der Waals surface area contributed by atoms with Crippen molar-refractivity contribution in [1.82, 2.24) is 0 Å². The van der Waals surface area contributed by atoms with E-state index < -0.39 is 0 Å². The van der Waals surface area contributed by atoms with Gasteiger partial charge in [-0.05, 0) is 85.3 Å². The highest BCUT2D eigenvalue weighted by Crippen LogP contribution is 2.27. The number of benzene rings is 3. The van der Waals surface area contributed by atoms with Crippen molar-refractivity contribution in [2.24, 2.45) is 5.73 Å².